The smallest absolute Gasteiger partial charge is 0.148 e. The monoisotopic (exact) mass is 281 g/mol. The molecule has 4 rings (SSSR count). The van der Waals surface area contributed by atoms with Crippen LogP contribution < -0.4 is 0 Å². The molecule has 2 aromatic heterocycles. The van der Waals surface area contributed by atoms with Crippen molar-refractivity contribution in [1.29, 1.82) is 5.26 Å². The van der Waals surface area contributed by atoms with E-state index >= 15 is 0 Å². The first-order chi connectivity index (χ1) is 10.9. The average Bonchev–Trinajstić information content (AvgIpc) is 2.60. The molecule has 2 heterocycles. The predicted molar refractivity (Wildman–Crippen MR) is 87.2 cm³/mol. The summed E-state index contributed by atoms with van der Waals surface area (Å²) >= 11 is 0. The summed E-state index contributed by atoms with van der Waals surface area (Å²) in [7, 11) is 0. The molecule has 0 aliphatic carbocycles. The lowest BCUT2D eigenvalue weighted by atomic mass is 9.94. The molecule has 0 N–H and O–H groups in total. The van der Waals surface area contributed by atoms with Gasteiger partial charge >= 0.3 is 0 Å². The molecule has 0 radical (unpaired) electrons. The van der Waals surface area contributed by atoms with Crippen molar-refractivity contribution in [3.63, 3.8) is 0 Å². The Kier molecular flexibility index (Phi) is 2.80. The zero-order valence-corrected chi connectivity index (χ0v) is 11.7. The number of pyridine rings is 2. The molecule has 3 heteroatoms. The normalized spacial score (nSPS) is 10.7. The molecule has 4 aromatic rings. The highest BCUT2D eigenvalue weighted by molar-refractivity contribution is 6.05. The quantitative estimate of drug-likeness (QED) is 0.522. The number of nitrogens with zero attached hydrogens (tertiary/aromatic N) is 3. The zero-order valence-electron chi connectivity index (χ0n) is 11.7. The molecule has 2 aromatic carbocycles. The van der Waals surface area contributed by atoms with Gasteiger partial charge in [-0.05, 0) is 34.0 Å². The molecule has 102 valence electrons. The van der Waals surface area contributed by atoms with Crippen molar-refractivity contribution in [1.82, 2.24) is 9.97 Å². The Morgan fingerprint density at radius 2 is 1.55 bits per heavy atom. The largest absolute Gasteiger partial charge is 0.264 e. The third-order valence-corrected chi connectivity index (χ3v) is 3.88. The fourth-order valence-electron chi connectivity index (χ4n) is 2.89. The van der Waals surface area contributed by atoms with Crippen molar-refractivity contribution < 1.29 is 0 Å². The van der Waals surface area contributed by atoms with Gasteiger partial charge in [-0.15, -0.1) is 0 Å². The highest BCUT2D eigenvalue weighted by Crippen LogP contribution is 2.33. The predicted octanol–water partition coefficient (Wildman–Crippen LogP) is 4.32. The Bertz CT molecular complexity index is 1040. The van der Waals surface area contributed by atoms with Crippen LogP contribution in [-0.4, -0.2) is 9.97 Å². The molecule has 0 atom stereocenters. The Hall–Kier alpha value is -3.25. The van der Waals surface area contributed by atoms with Crippen LogP contribution in [0.25, 0.3) is 32.7 Å². The molecule has 0 bridgehead atoms. The van der Waals surface area contributed by atoms with Gasteiger partial charge in [0.1, 0.15) is 11.8 Å². The summed E-state index contributed by atoms with van der Waals surface area (Å²) in [6.45, 7) is 0. The maximum Gasteiger partial charge on any atom is 0.148 e. The van der Waals surface area contributed by atoms with Gasteiger partial charge in [-0.25, -0.2) is 4.98 Å². The van der Waals surface area contributed by atoms with Gasteiger partial charge < -0.3 is 0 Å². The number of hydrogen-bond donors (Lipinski definition) is 0. The van der Waals surface area contributed by atoms with E-state index in [0.29, 0.717) is 5.69 Å². The van der Waals surface area contributed by atoms with Crippen molar-refractivity contribution in [3.05, 3.63) is 72.8 Å². The molecule has 0 amide bonds. The number of aromatic nitrogens is 2. The van der Waals surface area contributed by atoms with Crippen LogP contribution in [0.2, 0.25) is 0 Å². The first-order valence-corrected chi connectivity index (χ1v) is 6.99. The number of rotatable bonds is 1. The van der Waals surface area contributed by atoms with Gasteiger partial charge in [0.2, 0.25) is 0 Å². The lowest BCUT2D eigenvalue weighted by Gasteiger charge is -2.10. The summed E-state index contributed by atoms with van der Waals surface area (Å²) < 4.78 is 0. The molecule has 0 unspecified atom stereocenters. The average molecular weight is 281 g/mol. The van der Waals surface area contributed by atoms with E-state index in [4.69, 9.17) is 0 Å². The van der Waals surface area contributed by atoms with Crippen LogP contribution in [0.1, 0.15) is 5.69 Å². The van der Waals surface area contributed by atoms with Gasteiger partial charge in [-0.1, -0.05) is 36.4 Å². The van der Waals surface area contributed by atoms with Crippen LogP contribution in [-0.2, 0) is 0 Å². The van der Waals surface area contributed by atoms with Crippen molar-refractivity contribution in [2.75, 3.05) is 0 Å². The third kappa shape index (κ3) is 1.82. The van der Waals surface area contributed by atoms with E-state index in [0.717, 1.165) is 32.7 Å². The minimum Gasteiger partial charge on any atom is -0.264 e. The molecule has 0 fully saturated rings. The van der Waals surface area contributed by atoms with Crippen LogP contribution >= 0.6 is 0 Å². The van der Waals surface area contributed by atoms with E-state index in [9.17, 15) is 5.26 Å². The second-order valence-electron chi connectivity index (χ2n) is 5.07. The van der Waals surface area contributed by atoms with E-state index < -0.39 is 0 Å². The highest BCUT2D eigenvalue weighted by atomic mass is 14.7. The molecule has 0 aliphatic rings. The van der Waals surface area contributed by atoms with Crippen LogP contribution in [0, 0.1) is 11.3 Å². The standard InChI is InChI=1S/C19H11N3/c20-11-19-18-6-2-5-16(17(18)8-10-22-19)15-4-1-3-13-12-21-9-7-14(13)15/h1-10,12H. The third-order valence-electron chi connectivity index (χ3n) is 3.88. The van der Waals surface area contributed by atoms with Crippen LogP contribution in [0.5, 0.6) is 0 Å². The van der Waals surface area contributed by atoms with Crippen molar-refractivity contribution >= 4 is 21.5 Å². The summed E-state index contributed by atoms with van der Waals surface area (Å²) in [5.74, 6) is 0. The number of nitriles is 1. The van der Waals surface area contributed by atoms with Crippen LogP contribution in [0.4, 0.5) is 0 Å². The van der Waals surface area contributed by atoms with Gasteiger partial charge in [0, 0.05) is 29.4 Å². The fraction of sp³-hybridized carbons (Fsp3) is 0. The van der Waals surface area contributed by atoms with Gasteiger partial charge in [0.25, 0.3) is 0 Å². The lowest BCUT2D eigenvalue weighted by Crippen LogP contribution is -1.88. The molecule has 0 spiro atoms. The summed E-state index contributed by atoms with van der Waals surface area (Å²) in [5.41, 5.74) is 2.70. The SMILES string of the molecule is N#Cc1nccc2c(-c3cccc4cnccc34)cccc12. The molecule has 0 saturated heterocycles. The molecule has 3 nitrogen and oxygen atoms in total. The number of hydrogen-bond acceptors (Lipinski definition) is 3. The number of fused-ring (bicyclic) bond motifs is 2. The topological polar surface area (TPSA) is 49.6 Å². The summed E-state index contributed by atoms with van der Waals surface area (Å²) in [5, 5.41) is 13.4. The first-order valence-electron chi connectivity index (χ1n) is 6.99. The van der Waals surface area contributed by atoms with Crippen LogP contribution in [0.15, 0.2) is 67.1 Å². The lowest BCUT2D eigenvalue weighted by molar-refractivity contribution is 1.30. The van der Waals surface area contributed by atoms with Gasteiger partial charge in [-0.3, -0.25) is 4.98 Å². The van der Waals surface area contributed by atoms with Crippen molar-refractivity contribution in [2.45, 2.75) is 0 Å². The molecule has 0 aliphatic heterocycles. The van der Waals surface area contributed by atoms with E-state index in [1.807, 2.05) is 36.5 Å². The highest BCUT2D eigenvalue weighted by Gasteiger charge is 2.09. The first kappa shape index (κ1) is 12.5. The second-order valence-corrected chi connectivity index (χ2v) is 5.07. The van der Waals surface area contributed by atoms with Gasteiger partial charge in [0.15, 0.2) is 0 Å². The molecule has 22 heavy (non-hydrogen) atoms. The second kappa shape index (κ2) is 4.94. The van der Waals surface area contributed by atoms with Crippen LogP contribution in [0.3, 0.4) is 0 Å². The summed E-state index contributed by atoms with van der Waals surface area (Å²) in [6.07, 6.45) is 5.36. The Morgan fingerprint density at radius 3 is 2.41 bits per heavy atom. The number of benzene rings is 2. The molecular formula is C19H11N3. The van der Waals surface area contributed by atoms with E-state index in [2.05, 4.69) is 34.2 Å². The maximum absolute atomic E-state index is 9.25. The van der Waals surface area contributed by atoms with Crippen molar-refractivity contribution in [3.8, 4) is 17.2 Å². The van der Waals surface area contributed by atoms with E-state index in [1.54, 1.807) is 12.4 Å². The van der Waals surface area contributed by atoms with Gasteiger partial charge in [0.05, 0.1) is 0 Å². The van der Waals surface area contributed by atoms with E-state index in [1.165, 1.54) is 0 Å². The fourth-order valence-corrected chi connectivity index (χ4v) is 2.89. The van der Waals surface area contributed by atoms with Crippen molar-refractivity contribution in [2.24, 2.45) is 0 Å². The minimum atomic E-state index is 0.459. The van der Waals surface area contributed by atoms with Gasteiger partial charge in [-0.2, -0.15) is 5.26 Å². The summed E-state index contributed by atoms with van der Waals surface area (Å²) in [6, 6.07) is 18.3. The molecular weight excluding hydrogens is 270 g/mol. The Morgan fingerprint density at radius 1 is 0.773 bits per heavy atom. The minimum absolute atomic E-state index is 0.459. The Labute approximate surface area is 127 Å². The zero-order chi connectivity index (χ0) is 14.9. The summed E-state index contributed by atoms with van der Waals surface area (Å²) in [4.78, 5) is 8.34. The molecule has 0 saturated carbocycles. The Balaban J connectivity index is 2.12. The van der Waals surface area contributed by atoms with E-state index in [-0.39, 0.29) is 0 Å². The maximum atomic E-state index is 9.25.